The number of halogens is 1. The van der Waals surface area contributed by atoms with Gasteiger partial charge in [-0.2, -0.15) is 0 Å². The lowest BCUT2D eigenvalue weighted by Gasteiger charge is -2.25. The highest BCUT2D eigenvalue weighted by molar-refractivity contribution is 9.10. The van der Waals surface area contributed by atoms with Crippen molar-refractivity contribution >= 4 is 21.7 Å². The van der Waals surface area contributed by atoms with Crippen molar-refractivity contribution in [2.24, 2.45) is 5.92 Å². The molecule has 1 aromatic rings. The van der Waals surface area contributed by atoms with Crippen molar-refractivity contribution < 1.29 is 9.90 Å². The molecule has 2 rings (SSSR count). The molecule has 1 aliphatic carbocycles. The molecule has 1 fully saturated rings. The Hall–Kier alpha value is -0.670. The topological polar surface area (TPSA) is 37.3 Å². The Kier molecular flexibility index (Phi) is 3.77. The zero-order valence-corrected chi connectivity index (χ0v) is 10.6. The summed E-state index contributed by atoms with van der Waals surface area (Å²) in [5.74, 6) is 0.00164. The third-order valence-corrected chi connectivity index (χ3v) is 3.67. The number of ketones is 1. The molecular weight excluding hydrogens is 268 g/mol. The summed E-state index contributed by atoms with van der Waals surface area (Å²) in [6.07, 6.45) is 2.80. The van der Waals surface area contributed by atoms with Crippen LogP contribution in [-0.2, 0) is 4.79 Å². The van der Waals surface area contributed by atoms with Crippen molar-refractivity contribution in [3.8, 4) is 0 Å². The Bertz CT molecular complexity index is 389. The summed E-state index contributed by atoms with van der Waals surface area (Å²) in [6, 6.07) is 7.55. The zero-order valence-electron chi connectivity index (χ0n) is 9.03. The van der Waals surface area contributed by atoms with Gasteiger partial charge in [-0.15, -0.1) is 0 Å². The van der Waals surface area contributed by atoms with Crippen LogP contribution < -0.4 is 0 Å². The first-order chi connectivity index (χ1) is 7.68. The van der Waals surface area contributed by atoms with Crippen molar-refractivity contribution in [2.45, 2.75) is 31.8 Å². The van der Waals surface area contributed by atoms with Gasteiger partial charge >= 0.3 is 0 Å². The maximum atomic E-state index is 11.7. The minimum absolute atomic E-state index is 0.206. The molecule has 0 bridgehead atoms. The van der Waals surface area contributed by atoms with E-state index in [9.17, 15) is 9.90 Å². The number of carbonyl (C=O) groups is 1. The molecule has 1 aromatic carbocycles. The van der Waals surface area contributed by atoms with Crippen LogP contribution in [-0.4, -0.2) is 10.9 Å². The van der Waals surface area contributed by atoms with Gasteiger partial charge in [0.1, 0.15) is 5.78 Å². The third kappa shape index (κ3) is 2.53. The molecule has 0 aromatic heterocycles. The lowest BCUT2D eigenvalue weighted by molar-refractivity contribution is -0.128. The molecular formula is C13H15BrO2. The van der Waals surface area contributed by atoms with E-state index in [0.29, 0.717) is 6.42 Å². The molecule has 16 heavy (non-hydrogen) atoms. The zero-order chi connectivity index (χ0) is 11.5. The quantitative estimate of drug-likeness (QED) is 0.904. The van der Waals surface area contributed by atoms with Crippen molar-refractivity contribution in [2.75, 3.05) is 0 Å². The second-order valence-corrected chi connectivity index (χ2v) is 5.23. The van der Waals surface area contributed by atoms with E-state index in [1.165, 1.54) is 0 Å². The Morgan fingerprint density at radius 2 is 2.19 bits per heavy atom. The largest absolute Gasteiger partial charge is 0.388 e. The van der Waals surface area contributed by atoms with Gasteiger partial charge in [0.2, 0.25) is 0 Å². The van der Waals surface area contributed by atoms with Crippen LogP contribution in [0.4, 0.5) is 0 Å². The van der Waals surface area contributed by atoms with E-state index in [4.69, 9.17) is 0 Å². The minimum Gasteiger partial charge on any atom is -0.388 e. The fraction of sp³-hybridized carbons (Fsp3) is 0.462. The molecule has 0 spiro atoms. The van der Waals surface area contributed by atoms with Crippen LogP contribution in [0.5, 0.6) is 0 Å². The molecule has 0 unspecified atom stereocenters. The van der Waals surface area contributed by atoms with E-state index < -0.39 is 6.10 Å². The van der Waals surface area contributed by atoms with Gasteiger partial charge in [-0.05, 0) is 30.5 Å². The average Bonchev–Trinajstić information content (AvgIpc) is 2.29. The number of aliphatic hydroxyl groups is 1. The van der Waals surface area contributed by atoms with Crippen LogP contribution >= 0.6 is 15.9 Å². The molecule has 2 nitrogen and oxygen atoms in total. The van der Waals surface area contributed by atoms with Crippen molar-refractivity contribution in [1.82, 2.24) is 0 Å². The number of benzene rings is 1. The molecule has 1 saturated carbocycles. The highest BCUT2D eigenvalue weighted by Crippen LogP contribution is 2.32. The summed E-state index contributed by atoms with van der Waals surface area (Å²) in [5.41, 5.74) is 0.828. The molecule has 1 N–H and O–H groups in total. The Balaban J connectivity index is 2.17. The SMILES string of the molecule is O=C1CCCC[C@@H]1[C@H](O)c1cccc(Br)c1. The monoisotopic (exact) mass is 282 g/mol. The van der Waals surface area contributed by atoms with E-state index in [-0.39, 0.29) is 11.7 Å². The van der Waals surface area contributed by atoms with E-state index in [1.807, 2.05) is 24.3 Å². The van der Waals surface area contributed by atoms with Crippen LogP contribution in [0.25, 0.3) is 0 Å². The number of rotatable bonds is 2. The molecule has 0 aliphatic heterocycles. The maximum absolute atomic E-state index is 11.7. The lowest BCUT2D eigenvalue weighted by Crippen LogP contribution is -2.25. The van der Waals surface area contributed by atoms with Gasteiger partial charge < -0.3 is 5.11 Å². The molecule has 0 radical (unpaired) electrons. The summed E-state index contributed by atoms with van der Waals surface area (Å²) in [4.78, 5) is 11.7. The third-order valence-electron chi connectivity index (χ3n) is 3.17. The molecule has 0 amide bonds. The fourth-order valence-electron chi connectivity index (χ4n) is 2.27. The first-order valence-corrected chi connectivity index (χ1v) is 6.44. The molecule has 86 valence electrons. The van der Waals surface area contributed by atoms with Crippen molar-refractivity contribution in [3.05, 3.63) is 34.3 Å². The fourth-order valence-corrected chi connectivity index (χ4v) is 2.68. The summed E-state index contributed by atoms with van der Waals surface area (Å²) in [5, 5.41) is 10.2. The summed E-state index contributed by atoms with van der Waals surface area (Å²) in [6.45, 7) is 0. The Morgan fingerprint density at radius 3 is 2.88 bits per heavy atom. The van der Waals surface area contributed by atoms with E-state index in [0.717, 1.165) is 29.3 Å². The van der Waals surface area contributed by atoms with Crippen molar-refractivity contribution in [3.63, 3.8) is 0 Å². The predicted molar refractivity (Wildman–Crippen MR) is 66.1 cm³/mol. The lowest BCUT2D eigenvalue weighted by atomic mass is 9.82. The van der Waals surface area contributed by atoms with Crippen LogP contribution in [0, 0.1) is 5.92 Å². The van der Waals surface area contributed by atoms with Crippen molar-refractivity contribution in [1.29, 1.82) is 0 Å². The summed E-state index contributed by atoms with van der Waals surface area (Å²) in [7, 11) is 0. The van der Waals surface area contributed by atoms with Gasteiger partial charge in [0, 0.05) is 16.8 Å². The Morgan fingerprint density at radius 1 is 1.38 bits per heavy atom. The number of carbonyl (C=O) groups excluding carboxylic acids is 1. The standard InChI is InChI=1S/C13H15BrO2/c14-10-5-3-4-9(8-10)13(16)11-6-1-2-7-12(11)15/h3-5,8,11,13,16H,1-2,6-7H2/t11-,13+/m0/s1. The van der Waals surface area contributed by atoms with E-state index in [2.05, 4.69) is 15.9 Å². The molecule has 2 atom stereocenters. The highest BCUT2D eigenvalue weighted by atomic mass is 79.9. The number of hydrogen-bond donors (Lipinski definition) is 1. The van der Waals surface area contributed by atoms with E-state index >= 15 is 0 Å². The van der Waals surface area contributed by atoms with Gasteiger partial charge in [0.15, 0.2) is 0 Å². The first-order valence-electron chi connectivity index (χ1n) is 5.65. The Labute approximate surface area is 104 Å². The van der Waals surface area contributed by atoms with Gasteiger partial charge in [-0.25, -0.2) is 0 Å². The summed E-state index contributed by atoms with van der Waals surface area (Å²) >= 11 is 3.37. The van der Waals surface area contributed by atoms with Crippen LogP contribution in [0.2, 0.25) is 0 Å². The van der Waals surface area contributed by atoms with Crippen LogP contribution in [0.1, 0.15) is 37.4 Å². The van der Waals surface area contributed by atoms with Gasteiger partial charge in [0.25, 0.3) is 0 Å². The highest BCUT2D eigenvalue weighted by Gasteiger charge is 2.29. The normalized spacial score (nSPS) is 23.1. The smallest absolute Gasteiger partial charge is 0.138 e. The number of Topliss-reactive ketones (excluding diaryl/α,β-unsaturated/α-hetero) is 1. The predicted octanol–water partition coefficient (Wildman–Crippen LogP) is 3.24. The molecule has 3 heteroatoms. The second-order valence-electron chi connectivity index (χ2n) is 4.32. The van der Waals surface area contributed by atoms with Crippen LogP contribution in [0.15, 0.2) is 28.7 Å². The average molecular weight is 283 g/mol. The molecule has 0 heterocycles. The maximum Gasteiger partial charge on any atom is 0.138 e. The first kappa shape index (κ1) is 11.8. The van der Waals surface area contributed by atoms with Gasteiger partial charge in [0.05, 0.1) is 6.10 Å². The van der Waals surface area contributed by atoms with E-state index in [1.54, 1.807) is 0 Å². The minimum atomic E-state index is -0.648. The number of aliphatic hydroxyl groups excluding tert-OH is 1. The van der Waals surface area contributed by atoms with Gasteiger partial charge in [-0.3, -0.25) is 4.79 Å². The molecule has 1 aliphatic rings. The second kappa shape index (κ2) is 5.11. The number of hydrogen-bond acceptors (Lipinski definition) is 2. The van der Waals surface area contributed by atoms with Crippen LogP contribution in [0.3, 0.4) is 0 Å². The molecule has 0 saturated heterocycles. The summed E-state index contributed by atoms with van der Waals surface area (Å²) < 4.78 is 0.937. The van der Waals surface area contributed by atoms with Gasteiger partial charge in [-0.1, -0.05) is 34.5 Å².